The molecule has 0 aliphatic heterocycles. The Morgan fingerprint density at radius 3 is 2.62 bits per heavy atom. The Kier molecular flexibility index (Phi) is 3.72. The Hall–Kier alpha value is -0.730. The summed E-state index contributed by atoms with van der Waals surface area (Å²) in [5.74, 6) is 0. The van der Waals surface area contributed by atoms with Gasteiger partial charge in [-0.1, -0.05) is 24.4 Å². The summed E-state index contributed by atoms with van der Waals surface area (Å²) >= 11 is 5.99. The highest BCUT2D eigenvalue weighted by Crippen LogP contribution is 2.25. The quantitative estimate of drug-likeness (QED) is 0.819. The number of hydrogen-bond donors (Lipinski definition) is 1. The van der Waals surface area contributed by atoms with E-state index in [1.807, 2.05) is 12.1 Å². The second-order valence-electron chi connectivity index (χ2n) is 4.75. The molecule has 1 aromatic rings. The number of nitrogen functional groups attached to an aromatic ring is 1. The Morgan fingerprint density at radius 2 is 2.00 bits per heavy atom. The van der Waals surface area contributed by atoms with Crippen molar-refractivity contribution >= 4 is 17.3 Å². The molecule has 0 saturated heterocycles. The molecular weight excluding hydrogens is 220 g/mol. The molecule has 0 heterocycles. The molecule has 1 saturated carbocycles. The fraction of sp³-hybridized carbons (Fsp3) is 0.538. The van der Waals surface area contributed by atoms with Gasteiger partial charge in [0.1, 0.15) is 0 Å². The summed E-state index contributed by atoms with van der Waals surface area (Å²) < 4.78 is 0. The average Bonchev–Trinajstić information content (AvgIpc) is 2.68. The van der Waals surface area contributed by atoms with Crippen molar-refractivity contribution in [2.45, 2.75) is 38.3 Å². The van der Waals surface area contributed by atoms with Crippen LogP contribution in [-0.4, -0.2) is 18.0 Å². The van der Waals surface area contributed by atoms with Crippen LogP contribution < -0.4 is 5.73 Å². The van der Waals surface area contributed by atoms with Gasteiger partial charge in [0.15, 0.2) is 0 Å². The Bertz CT molecular complexity index is 339. The zero-order chi connectivity index (χ0) is 11.5. The lowest BCUT2D eigenvalue weighted by Crippen LogP contribution is -2.28. The normalized spacial score (nSPS) is 17.2. The Labute approximate surface area is 102 Å². The fourth-order valence-corrected chi connectivity index (χ4v) is 2.79. The molecule has 1 aliphatic carbocycles. The minimum absolute atomic E-state index is 0.731. The molecule has 0 amide bonds. The van der Waals surface area contributed by atoms with Gasteiger partial charge in [-0.05, 0) is 43.7 Å². The van der Waals surface area contributed by atoms with Crippen LogP contribution in [0.1, 0.15) is 31.2 Å². The number of anilines is 1. The summed E-state index contributed by atoms with van der Waals surface area (Å²) in [7, 11) is 2.19. The zero-order valence-corrected chi connectivity index (χ0v) is 10.5. The van der Waals surface area contributed by atoms with Crippen LogP contribution in [0, 0.1) is 0 Å². The lowest BCUT2D eigenvalue weighted by molar-refractivity contribution is 0.237. The maximum atomic E-state index is 5.99. The average molecular weight is 239 g/mol. The number of hydrogen-bond acceptors (Lipinski definition) is 2. The van der Waals surface area contributed by atoms with Crippen molar-refractivity contribution < 1.29 is 0 Å². The minimum atomic E-state index is 0.731. The molecule has 88 valence electrons. The predicted molar refractivity (Wildman–Crippen MR) is 69.6 cm³/mol. The second-order valence-corrected chi connectivity index (χ2v) is 5.18. The molecule has 3 heteroatoms. The molecule has 2 rings (SSSR count). The van der Waals surface area contributed by atoms with Crippen LogP contribution in [0.4, 0.5) is 5.69 Å². The van der Waals surface area contributed by atoms with Gasteiger partial charge >= 0.3 is 0 Å². The fourth-order valence-electron chi connectivity index (χ4n) is 2.53. The molecule has 0 spiro atoms. The first-order valence-electron chi connectivity index (χ1n) is 5.90. The van der Waals surface area contributed by atoms with Crippen LogP contribution in [0.5, 0.6) is 0 Å². The van der Waals surface area contributed by atoms with Crippen molar-refractivity contribution in [3.05, 3.63) is 28.8 Å². The molecule has 0 radical (unpaired) electrons. The molecule has 2 N–H and O–H groups in total. The highest BCUT2D eigenvalue weighted by Gasteiger charge is 2.19. The topological polar surface area (TPSA) is 29.3 Å². The van der Waals surface area contributed by atoms with E-state index < -0.39 is 0 Å². The Morgan fingerprint density at radius 1 is 1.31 bits per heavy atom. The van der Waals surface area contributed by atoms with Gasteiger partial charge in [0.25, 0.3) is 0 Å². The summed E-state index contributed by atoms with van der Waals surface area (Å²) in [6, 6.07) is 6.54. The van der Waals surface area contributed by atoms with Gasteiger partial charge in [0.05, 0.1) is 0 Å². The third kappa shape index (κ3) is 2.89. The van der Waals surface area contributed by atoms with Crippen molar-refractivity contribution in [2.75, 3.05) is 12.8 Å². The highest BCUT2D eigenvalue weighted by atomic mass is 35.5. The van der Waals surface area contributed by atoms with Gasteiger partial charge in [-0.25, -0.2) is 0 Å². The summed E-state index contributed by atoms with van der Waals surface area (Å²) in [6.45, 7) is 0.940. The first kappa shape index (κ1) is 11.7. The molecule has 1 fully saturated rings. The van der Waals surface area contributed by atoms with Crippen molar-refractivity contribution in [1.82, 2.24) is 4.90 Å². The molecule has 0 bridgehead atoms. The third-order valence-electron chi connectivity index (χ3n) is 3.36. The van der Waals surface area contributed by atoms with Gasteiger partial charge in [0, 0.05) is 23.3 Å². The summed E-state index contributed by atoms with van der Waals surface area (Å²) in [5, 5.41) is 0.731. The van der Waals surface area contributed by atoms with E-state index >= 15 is 0 Å². The molecule has 0 atom stereocenters. The second kappa shape index (κ2) is 5.07. The molecule has 0 unspecified atom stereocenters. The minimum Gasteiger partial charge on any atom is -0.399 e. The van der Waals surface area contributed by atoms with Gasteiger partial charge in [-0.15, -0.1) is 0 Å². The van der Waals surface area contributed by atoms with Crippen molar-refractivity contribution in [2.24, 2.45) is 0 Å². The predicted octanol–water partition coefficient (Wildman–Crippen LogP) is 3.30. The number of rotatable bonds is 3. The number of halogens is 1. The molecule has 0 aromatic heterocycles. The summed E-state index contributed by atoms with van der Waals surface area (Å²) in [4.78, 5) is 2.41. The van der Waals surface area contributed by atoms with Gasteiger partial charge < -0.3 is 5.73 Å². The van der Waals surface area contributed by atoms with Crippen LogP contribution in [0.2, 0.25) is 5.02 Å². The molecule has 1 aliphatic rings. The van der Waals surface area contributed by atoms with E-state index in [0.717, 1.165) is 23.3 Å². The monoisotopic (exact) mass is 238 g/mol. The summed E-state index contributed by atoms with van der Waals surface area (Å²) in [6.07, 6.45) is 5.39. The molecular formula is C13H19ClN2. The first-order chi connectivity index (χ1) is 7.65. The maximum absolute atomic E-state index is 5.99. The zero-order valence-electron chi connectivity index (χ0n) is 9.75. The lowest BCUT2D eigenvalue weighted by atomic mass is 10.1. The number of nitrogens with zero attached hydrogens (tertiary/aromatic N) is 1. The Balaban J connectivity index is 2.02. The SMILES string of the molecule is CN(Cc1cc(N)cc(Cl)c1)C1CCCC1. The molecule has 2 nitrogen and oxygen atoms in total. The maximum Gasteiger partial charge on any atom is 0.0429 e. The molecule has 16 heavy (non-hydrogen) atoms. The standard InChI is InChI=1S/C13H19ClN2/c1-16(13-4-2-3-5-13)9-10-6-11(14)8-12(15)7-10/h6-8,13H,2-5,9,15H2,1H3. The number of nitrogens with two attached hydrogens (primary N) is 1. The highest BCUT2D eigenvalue weighted by molar-refractivity contribution is 6.30. The first-order valence-corrected chi connectivity index (χ1v) is 6.28. The van der Waals surface area contributed by atoms with E-state index in [0.29, 0.717) is 0 Å². The van der Waals surface area contributed by atoms with Crippen LogP contribution in [0.3, 0.4) is 0 Å². The molecule has 1 aromatic carbocycles. The summed E-state index contributed by atoms with van der Waals surface area (Å²) in [5.41, 5.74) is 7.75. The van der Waals surface area contributed by atoms with Gasteiger partial charge in [0.2, 0.25) is 0 Å². The van der Waals surface area contributed by atoms with Crippen LogP contribution in [0.25, 0.3) is 0 Å². The van der Waals surface area contributed by atoms with Crippen LogP contribution in [-0.2, 0) is 6.54 Å². The van der Waals surface area contributed by atoms with E-state index in [1.165, 1.54) is 31.2 Å². The van der Waals surface area contributed by atoms with Crippen molar-refractivity contribution in [1.29, 1.82) is 0 Å². The van der Waals surface area contributed by atoms with Crippen LogP contribution in [0.15, 0.2) is 18.2 Å². The van der Waals surface area contributed by atoms with E-state index in [-0.39, 0.29) is 0 Å². The van der Waals surface area contributed by atoms with Crippen molar-refractivity contribution in [3.63, 3.8) is 0 Å². The lowest BCUT2D eigenvalue weighted by Gasteiger charge is -2.24. The third-order valence-corrected chi connectivity index (χ3v) is 3.58. The van der Waals surface area contributed by atoms with Gasteiger partial charge in [-0.3, -0.25) is 4.90 Å². The van der Waals surface area contributed by atoms with E-state index in [9.17, 15) is 0 Å². The smallest absolute Gasteiger partial charge is 0.0429 e. The van der Waals surface area contributed by atoms with Crippen LogP contribution >= 0.6 is 11.6 Å². The van der Waals surface area contributed by atoms with E-state index in [2.05, 4.69) is 11.9 Å². The van der Waals surface area contributed by atoms with Gasteiger partial charge in [-0.2, -0.15) is 0 Å². The largest absolute Gasteiger partial charge is 0.399 e. The van der Waals surface area contributed by atoms with E-state index in [4.69, 9.17) is 17.3 Å². The number of benzene rings is 1. The van der Waals surface area contributed by atoms with Crippen molar-refractivity contribution in [3.8, 4) is 0 Å². The van der Waals surface area contributed by atoms with E-state index in [1.54, 1.807) is 6.07 Å².